The number of carbonyl (C=O) groups excluding carboxylic acids is 2. The van der Waals surface area contributed by atoms with E-state index >= 15 is 0 Å². The number of nitrogens with zero attached hydrogens (tertiary/aromatic N) is 1. The van der Waals surface area contributed by atoms with E-state index in [-0.39, 0.29) is 30.2 Å². The van der Waals surface area contributed by atoms with Gasteiger partial charge in [0.15, 0.2) is 5.11 Å². The summed E-state index contributed by atoms with van der Waals surface area (Å²) in [7, 11) is 0. The molecule has 0 unspecified atom stereocenters. The highest BCUT2D eigenvalue weighted by Crippen LogP contribution is 2.22. The summed E-state index contributed by atoms with van der Waals surface area (Å²) in [4.78, 5) is 33.1. The predicted octanol–water partition coefficient (Wildman–Crippen LogP) is 2.06. The minimum absolute atomic E-state index is 0.00277. The molecule has 1 amide bonds. The Morgan fingerprint density at radius 1 is 1.35 bits per heavy atom. The number of thiocarbonyl (C=S) groups is 1. The first-order valence-corrected chi connectivity index (χ1v) is 7.25. The summed E-state index contributed by atoms with van der Waals surface area (Å²) >= 11 is 4.96. The molecule has 0 aliphatic rings. The van der Waals surface area contributed by atoms with Crippen LogP contribution in [0.2, 0.25) is 0 Å². The Morgan fingerprint density at radius 2 is 2.04 bits per heavy atom. The fraction of sp³-hybridized carbons (Fsp3) is 0.357. The van der Waals surface area contributed by atoms with Gasteiger partial charge in [-0.1, -0.05) is 6.07 Å². The van der Waals surface area contributed by atoms with Crippen molar-refractivity contribution in [2.24, 2.45) is 0 Å². The molecule has 0 fully saturated rings. The largest absolute Gasteiger partial charge is 0.466 e. The van der Waals surface area contributed by atoms with E-state index in [1.54, 1.807) is 26.0 Å². The van der Waals surface area contributed by atoms with Gasteiger partial charge >= 0.3 is 5.97 Å². The van der Waals surface area contributed by atoms with Gasteiger partial charge in [-0.3, -0.25) is 19.7 Å². The topological polar surface area (TPSA) is 111 Å². The summed E-state index contributed by atoms with van der Waals surface area (Å²) in [5.74, 6) is -0.909. The van der Waals surface area contributed by atoms with Crippen LogP contribution >= 0.6 is 12.2 Å². The normalized spacial score (nSPS) is 9.83. The van der Waals surface area contributed by atoms with Crippen molar-refractivity contribution in [3.8, 4) is 0 Å². The molecule has 0 saturated carbocycles. The molecule has 0 spiro atoms. The summed E-state index contributed by atoms with van der Waals surface area (Å²) in [5, 5.41) is 15.9. The Hall–Kier alpha value is -2.55. The predicted molar refractivity (Wildman–Crippen MR) is 88.1 cm³/mol. The maximum Gasteiger partial charge on any atom is 0.306 e. The Kier molecular flexibility index (Phi) is 7.07. The second kappa shape index (κ2) is 8.79. The minimum Gasteiger partial charge on any atom is -0.466 e. The SMILES string of the molecule is CCOC(=O)CCC(=O)NC(=S)Nc1ccc(C)c([N+](=O)[O-])c1. The standard InChI is InChI=1S/C14H17N3O5S/c1-3-22-13(19)7-6-12(18)16-14(23)15-10-5-4-9(2)11(8-10)17(20)21/h4-5,8H,3,6-7H2,1-2H3,(H2,15,16,18,23). The van der Waals surface area contributed by atoms with Gasteiger partial charge in [0, 0.05) is 23.7 Å². The van der Waals surface area contributed by atoms with E-state index in [2.05, 4.69) is 10.6 Å². The second-order valence-electron chi connectivity index (χ2n) is 4.57. The van der Waals surface area contributed by atoms with Crippen LogP contribution in [-0.4, -0.2) is 28.5 Å². The molecule has 2 N–H and O–H groups in total. The number of amides is 1. The van der Waals surface area contributed by atoms with Crippen LogP contribution in [0.25, 0.3) is 0 Å². The van der Waals surface area contributed by atoms with Gasteiger partial charge in [-0.2, -0.15) is 0 Å². The van der Waals surface area contributed by atoms with Gasteiger partial charge in [0.2, 0.25) is 5.91 Å². The molecule has 23 heavy (non-hydrogen) atoms. The number of nitro benzene ring substituents is 1. The van der Waals surface area contributed by atoms with Crippen LogP contribution in [0, 0.1) is 17.0 Å². The van der Waals surface area contributed by atoms with E-state index in [0.717, 1.165) is 0 Å². The lowest BCUT2D eigenvalue weighted by Crippen LogP contribution is -2.34. The van der Waals surface area contributed by atoms with E-state index in [1.165, 1.54) is 6.07 Å². The maximum absolute atomic E-state index is 11.6. The molecule has 0 radical (unpaired) electrons. The summed E-state index contributed by atoms with van der Waals surface area (Å²) in [5.41, 5.74) is 0.856. The lowest BCUT2D eigenvalue weighted by molar-refractivity contribution is -0.385. The number of hydrogen-bond acceptors (Lipinski definition) is 6. The molecule has 0 aliphatic heterocycles. The minimum atomic E-state index is -0.499. The molecular weight excluding hydrogens is 322 g/mol. The van der Waals surface area contributed by atoms with Gasteiger partial charge in [-0.15, -0.1) is 0 Å². The van der Waals surface area contributed by atoms with Crippen LogP contribution in [0.4, 0.5) is 11.4 Å². The average molecular weight is 339 g/mol. The number of hydrogen-bond donors (Lipinski definition) is 2. The summed E-state index contributed by atoms with van der Waals surface area (Å²) in [6.07, 6.45) is -0.104. The highest BCUT2D eigenvalue weighted by atomic mass is 32.1. The van der Waals surface area contributed by atoms with E-state index in [4.69, 9.17) is 17.0 Å². The zero-order valence-corrected chi connectivity index (χ0v) is 13.6. The smallest absolute Gasteiger partial charge is 0.306 e. The molecule has 0 aliphatic carbocycles. The highest BCUT2D eigenvalue weighted by molar-refractivity contribution is 7.80. The van der Waals surface area contributed by atoms with Gasteiger partial charge < -0.3 is 15.4 Å². The quantitative estimate of drug-likeness (QED) is 0.353. The average Bonchev–Trinajstić information content (AvgIpc) is 2.47. The lowest BCUT2D eigenvalue weighted by atomic mass is 10.2. The van der Waals surface area contributed by atoms with Crippen molar-refractivity contribution >= 4 is 40.6 Å². The molecule has 8 nitrogen and oxygen atoms in total. The monoisotopic (exact) mass is 339 g/mol. The number of rotatable bonds is 6. The molecule has 124 valence electrons. The number of carbonyl (C=O) groups is 2. The van der Waals surface area contributed by atoms with Crippen LogP contribution in [0.5, 0.6) is 0 Å². The third-order valence-corrected chi connectivity index (χ3v) is 2.98. The van der Waals surface area contributed by atoms with Crippen molar-refractivity contribution in [2.75, 3.05) is 11.9 Å². The fourth-order valence-electron chi connectivity index (χ4n) is 1.68. The number of esters is 1. The van der Waals surface area contributed by atoms with Gasteiger partial charge in [-0.25, -0.2) is 0 Å². The molecule has 0 aromatic heterocycles. The molecule has 1 aromatic carbocycles. The molecule has 0 heterocycles. The molecule has 9 heteroatoms. The number of aryl methyl sites for hydroxylation is 1. The zero-order chi connectivity index (χ0) is 17.4. The van der Waals surface area contributed by atoms with E-state index < -0.39 is 16.8 Å². The zero-order valence-electron chi connectivity index (χ0n) is 12.8. The Morgan fingerprint density at radius 3 is 2.65 bits per heavy atom. The first-order valence-electron chi connectivity index (χ1n) is 6.85. The first-order chi connectivity index (χ1) is 10.8. The molecule has 1 rings (SSSR count). The number of anilines is 1. The van der Waals surface area contributed by atoms with Gasteiger partial charge in [0.1, 0.15) is 0 Å². The molecule has 0 saturated heterocycles. The number of benzene rings is 1. The lowest BCUT2D eigenvalue weighted by Gasteiger charge is -2.10. The molecule has 0 bridgehead atoms. The number of ether oxygens (including phenoxy) is 1. The molecule has 0 atom stereocenters. The number of nitrogens with one attached hydrogen (secondary N) is 2. The van der Waals surface area contributed by atoms with Crippen LogP contribution in [-0.2, 0) is 14.3 Å². The van der Waals surface area contributed by atoms with Crippen molar-refractivity contribution in [3.05, 3.63) is 33.9 Å². The Labute approximate surface area is 138 Å². The van der Waals surface area contributed by atoms with E-state index in [1.807, 2.05) is 0 Å². The fourth-order valence-corrected chi connectivity index (χ4v) is 1.92. The third kappa shape index (κ3) is 6.39. The van der Waals surface area contributed by atoms with Crippen LogP contribution in [0.3, 0.4) is 0 Å². The van der Waals surface area contributed by atoms with Crippen molar-refractivity contribution in [1.82, 2.24) is 5.32 Å². The Bertz CT molecular complexity index is 633. The van der Waals surface area contributed by atoms with Gasteiger partial charge in [-0.05, 0) is 32.1 Å². The number of nitro groups is 1. The second-order valence-corrected chi connectivity index (χ2v) is 4.97. The summed E-state index contributed by atoms with van der Waals surface area (Å²) < 4.78 is 4.71. The van der Waals surface area contributed by atoms with Crippen molar-refractivity contribution in [2.45, 2.75) is 26.7 Å². The summed E-state index contributed by atoms with van der Waals surface area (Å²) in [6.45, 7) is 3.56. The molecular formula is C14H17N3O5S. The van der Waals surface area contributed by atoms with Gasteiger partial charge in [0.05, 0.1) is 18.0 Å². The van der Waals surface area contributed by atoms with E-state index in [9.17, 15) is 19.7 Å². The highest BCUT2D eigenvalue weighted by Gasteiger charge is 2.13. The Balaban J connectivity index is 2.53. The first kappa shape index (κ1) is 18.5. The summed E-state index contributed by atoms with van der Waals surface area (Å²) in [6, 6.07) is 4.51. The molecule has 1 aromatic rings. The van der Waals surface area contributed by atoms with E-state index in [0.29, 0.717) is 11.3 Å². The maximum atomic E-state index is 11.6. The van der Waals surface area contributed by atoms with Crippen molar-refractivity contribution in [3.63, 3.8) is 0 Å². The van der Waals surface area contributed by atoms with Crippen LogP contribution in [0.15, 0.2) is 18.2 Å². The van der Waals surface area contributed by atoms with Crippen LogP contribution < -0.4 is 10.6 Å². The third-order valence-electron chi connectivity index (χ3n) is 2.78. The van der Waals surface area contributed by atoms with Crippen molar-refractivity contribution < 1.29 is 19.2 Å². The van der Waals surface area contributed by atoms with Crippen LogP contribution in [0.1, 0.15) is 25.3 Å². The van der Waals surface area contributed by atoms with Crippen molar-refractivity contribution in [1.29, 1.82) is 0 Å². The van der Waals surface area contributed by atoms with Gasteiger partial charge in [0.25, 0.3) is 5.69 Å².